The number of aromatic carboxylic acids is 1. The minimum Gasteiger partial charge on any atom is -0.476 e. The van der Waals surface area contributed by atoms with Gasteiger partial charge in [0, 0.05) is 6.20 Å². The molecule has 6 nitrogen and oxygen atoms in total. The highest BCUT2D eigenvalue weighted by Crippen LogP contribution is 2.31. The van der Waals surface area contributed by atoms with Gasteiger partial charge in [0.05, 0.1) is 16.8 Å². The number of alkyl halides is 3. The molecule has 0 unspecified atom stereocenters. The highest BCUT2D eigenvalue weighted by molar-refractivity contribution is 6.32. The van der Waals surface area contributed by atoms with Crippen molar-refractivity contribution >= 4 is 17.6 Å². The van der Waals surface area contributed by atoms with Gasteiger partial charge in [0.25, 0.3) is 0 Å². The molecule has 0 saturated heterocycles. The third-order valence-corrected chi connectivity index (χ3v) is 2.33. The number of rotatable bonds is 2. The van der Waals surface area contributed by atoms with Crippen LogP contribution in [0.3, 0.4) is 0 Å². The first kappa shape index (κ1) is 13.3. The first-order valence-electron chi connectivity index (χ1n) is 4.68. The number of hydrogen-bond acceptors (Lipinski definition) is 4. The van der Waals surface area contributed by atoms with Crippen LogP contribution in [0.5, 0.6) is 0 Å². The number of carboxylic acids is 1. The Kier molecular flexibility index (Phi) is 3.14. The van der Waals surface area contributed by atoms with E-state index in [0.29, 0.717) is 12.3 Å². The molecule has 0 radical (unpaired) electrons. The molecule has 2 rings (SSSR count). The first-order chi connectivity index (χ1) is 8.79. The standard InChI is InChI=1S/C9H4ClF3N4O2/c10-5-1-4(9(11,12)13)2-14-7(5)17-15-3-6(16-17)8(18)19/h1-3H,(H,18,19). The molecule has 0 aliphatic carbocycles. The average Bonchev–Trinajstić information content (AvgIpc) is 2.76. The number of aromatic nitrogens is 4. The molecule has 2 heterocycles. The van der Waals surface area contributed by atoms with E-state index in [1.807, 2.05) is 0 Å². The van der Waals surface area contributed by atoms with Crippen LogP contribution in [0.4, 0.5) is 13.2 Å². The van der Waals surface area contributed by atoms with Crippen LogP contribution < -0.4 is 0 Å². The smallest absolute Gasteiger partial charge is 0.417 e. The summed E-state index contributed by atoms with van der Waals surface area (Å²) in [6.45, 7) is 0. The fraction of sp³-hybridized carbons (Fsp3) is 0.111. The van der Waals surface area contributed by atoms with Crippen molar-refractivity contribution in [2.45, 2.75) is 6.18 Å². The van der Waals surface area contributed by atoms with Crippen LogP contribution in [0.2, 0.25) is 5.02 Å². The summed E-state index contributed by atoms with van der Waals surface area (Å²) < 4.78 is 37.2. The topological polar surface area (TPSA) is 80.9 Å². The molecule has 10 heteroatoms. The summed E-state index contributed by atoms with van der Waals surface area (Å²) in [6, 6.07) is 0.660. The number of halogens is 4. The summed E-state index contributed by atoms with van der Waals surface area (Å²) in [5.41, 5.74) is -1.40. The molecule has 0 aliphatic rings. The number of nitrogens with zero attached hydrogens (tertiary/aromatic N) is 4. The molecule has 1 N–H and O–H groups in total. The molecule has 2 aromatic heterocycles. The average molecular weight is 293 g/mol. The van der Waals surface area contributed by atoms with Gasteiger partial charge >= 0.3 is 12.1 Å². The minimum absolute atomic E-state index is 0.192. The third kappa shape index (κ3) is 2.65. The molecule has 0 atom stereocenters. The predicted octanol–water partition coefficient (Wildman–Crippen LogP) is 2.03. The van der Waals surface area contributed by atoms with E-state index in [4.69, 9.17) is 16.7 Å². The molecule has 100 valence electrons. The number of pyridine rings is 1. The van der Waals surface area contributed by atoms with E-state index in [9.17, 15) is 18.0 Å². The fourth-order valence-electron chi connectivity index (χ4n) is 1.20. The maximum absolute atomic E-state index is 12.4. The van der Waals surface area contributed by atoms with E-state index >= 15 is 0 Å². The molecule has 0 amide bonds. The van der Waals surface area contributed by atoms with Crippen LogP contribution in [-0.2, 0) is 6.18 Å². The fourth-order valence-corrected chi connectivity index (χ4v) is 1.44. The molecule has 0 spiro atoms. The number of hydrogen-bond donors (Lipinski definition) is 1. The van der Waals surface area contributed by atoms with Crippen LogP contribution >= 0.6 is 11.6 Å². The molecular formula is C9H4ClF3N4O2. The van der Waals surface area contributed by atoms with E-state index in [2.05, 4.69) is 15.2 Å². The van der Waals surface area contributed by atoms with Crippen LogP contribution in [0, 0.1) is 0 Å². The lowest BCUT2D eigenvalue weighted by Gasteiger charge is -2.08. The Bertz CT molecular complexity index is 641. The van der Waals surface area contributed by atoms with Crippen LogP contribution in [0.15, 0.2) is 18.5 Å². The highest BCUT2D eigenvalue weighted by Gasteiger charge is 2.31. The summed E-state index contributed by atoms with van der Waals surface area (Å²) in [7, 11) is 0. The van der Waals surface area contributed by atoms with Gasteiger partial charge in [-0.2, -0.15) is 18.3 Å². The van der Waals surface area contributed by atoms with Crippen molar-refractivity contribution in [3.63, 3.8) is 0 Å². The van der Waals surface area contributed by atoms with E-state index in [1.54, 1.807) is 0 Å². The second kappa shape index (κ2) is 4.50. The van der Waals surface area contributed by atoms with Crippen molar-refractivity contribution in [3.05, 3.63) is 34.7 Å². The first-order valence-corrected chi connectivity index (χ1v) is 5.05. The van der Waals surface area contributed by atoms with Crippen molar-refractivity contribution in [2.75, 3.05) is 0 Å². The van der Waals surface area contributed by atoms with E-state index in [1.165, 1.54) is 0 Å². The van der Waals surface area contributed by atoms with Gasteiger partial charge in [-0.05, 0) is 6.07 Å². The SMILES string of the molecule is O=C(O)c1cnn(-c2ncc(C(F)(F)F)cc2Cl)n1. The zero-order valence-corrected chi connectivity index (χ0v) is 9.64. The summed E-state index contributed by atoms with van der Waals surface area (Å²) in [4.78, 5) is 14.8. The van der Waals surface area contributed by atoms with Gasteiger partial charge in [-0.3, -0.25) is 0 Å². The van der Waals surface area contributed by atoms with Crippen molar-refractivity contribution in [3.8, 4) is 5.82 Å². The zero-order chi connectivity index (χ0) is 14.2. The Morgan fingerprint density at radius 2 is 2.05 bits per heavy atom. The quantitative estimate of drug-likeness (QED) is 0.916. The van der Waals surface area contributed by atoms with Crippen LogP contribution in [0.1, 0.15) is 16.1 Å². The second-order valence-corrected chi connectivity index (χ2v) is 3.76. The van der Waals surface area contributed by atoms with Crippen LogP contribution in [0.25, 0.3) is 5.82 Å². The van der Waals surface area contributed by atoms with Gasteiger partial charge < -0.3 is 5.11 Å². The molecule has 0 bridgehead atoms. The van der Waals surface area contributed by atoms with E-state index < -0.39 is 17.7 Å². The van der Waals surface area contributed by atoms with Crippen LogP contribution in [-0.4, -0.2) is 31.1 Å². The lowest BCUT2D eigenvalue weighted by Crippen LogP contribution is -2.09. The molecule has 0 aromatic carbocycles. The number of carbonyl (C=O) groups is 1. The maximum atomic E-state index is 12.4. The second-order valence-electron chi connectivity index (χ2n) is 3.35. The zero-order valence-electron chi connectivity index (χ0n) is 8.89. The Labute approximate surface area is 108 Å². The molecular weight excluding hydrogens is 289 g/mol. The highest BCUT2D eigenvalue weighted by atomic mass is 35.5. The minimum atomic E-state index is -4.57. The lowest BCUT2D eigenvalue weighted by molar-refractivity contribution is -0.137. The van der Waals surface area contributed by atoms with Gasteiger partial charge in [0.2, 0.25) is 0 Å². The Hall–Kier alpha value is -2.16. The summed E-state index contributed by atoms with van der Waals surface area (Å²) in [5, 5.41) is 15.4. The molecule has 0 saturated carbocycles. The lowest BCUT2D eigenvalue weighted by atomic mass is 10.3. The maximum Gasteiger partial charge on any atom is 0.417 e. The molecule has 19 heavy (non-hydrogen) atoms. The molecule has 0 fully saturated rings. The van der Waals surface area contributed by atoms with Gasteiger partial charge in [-0.25, -0.2) is 9.78 Å². The monoisotopic (exact) mass is 292 g/mol. The normalized spacial score (nSPS) is 11.6. The summed E-state index contributed by atoms with van der Waals surface area (Å²) in [5.74, 6) is -1.52. The Morgan fingerprint density at radius 1 is 1.37 bits per heavy atom. The predicted molar refractivity (Wildman–Crippen MR) is 56.1 cm³/mol. The summed E-state index contributed by atoms with van der Waals surface area (Å²) in [6.07, 6.45) is -3.08. The van der Waals surface area contributed by atoms with E-state index in [-0.39, 0.29) is 16.5 Å². The van der Waals surface area contributed by atoms with Gasteiger partial charge in [0.1, 0.15) is 0 Å². The van der Waals surface area contributed by atoms with E-state index in [0.717, 1.165) is 11.0 Å². The van der Waals surface area contributed by atoms with Gasteiger partial charge in [-0.15, -0.1) is 9.90 Å². The number of carboxylic acid groups (broad SMARTS) is 1. The Balaban J connectivity index is 2.43. The Morgan fingerprint density at radius 3 is 2.53 bits per heavy atom. The van der Waals surface area contributed by atoms with Crippen molar-refractivity contribution in [2.24, 2.45) is 0 Å². The molecule has 2 aromatic rings. The van der Waals surface area contributed by atoms with Gasteiger partial charge in [0.15, 0.2) is 11.5 Å². The van der Waals surface area contributed by atoms with Gasteiger partial charge in [-0.1, -0.05) is 11.6 Å². The van der Waals surface area contributed by atoms with Crippen molar-refractivity contribution in [1.82, 2.24) is 20.0 Å². The third-order valence-electron chi connectivity index (χ3n) is 2.05. The molecule has 0 aliphatic heterocycles. The summed E-state index contributed by atoms with van der Waals surface area (Å²) >= 11 is 5.65. The van der Waals surface area contributed by atoms with Crippen molar-refractivity contribution < 1.29 is 23.1 Å². The largest absolute Gasteiger partial charge is 0.476 e. The van der Waals surface area contributed by atoms with Crippen molar-refractivity contribution in [1.29, 1.82) is 0 Å².